The third-order valence-corrected chi connectivity index (χ3v) is 2.37. The van der Waals surface area contributed by atoms with Crippen LogP contribution in [0.25, 0.3) is 0 Å². The van der Waals surface area contributed by atoms with Gasteiger partial charge in [-0.05, 0) is 24.3 Å². The van der Waals surface area contributed by atoms with Gasteiger partial charge >= 0.3 is 5.97 Å². The molecule has 102 valence electrons. The highest BCUT2D eigenvalue weighted by Gasteiger charge is 2.09. The molecule has 0 aliphatic carbocycles. The number of nitrogens with zero attached hydrogens (tertiary/aromatic N) is 2. The molecular formula is C13H11N3O4. The van der Waals surface area contributed by atoms with Gasteiger partial charge < -0.3 is 15.2 Å². The Morgan fingerprint density at radius 2 is 1.85 bits per heavy atom. The first-order valence-electron chi connectivity index (χ1n) is 5.58. The van der Waals surface area contributed by atoms with Crippen molar-refractivity contribution in [1.82, 2.24) is 9.97 Å². The van der Waals surface area contributed by atoms with Crippen LogP contribution in [0.1, 0.15) is 20.8 Å². The predicted octanol–water partition coefficient (Wildman–Crippen LogP) is 1.15. The summed E-state index contributed by atoms with van der Waals surface area (Å²) in [7, 11) is 1.25. The number of ether oxygens (including phenoxy) is 2. The molecule has 2 N–H and O–H groups in total. The SMILES string of the molecule is COC(=O)c1cncc(Oc2ccc(C(N)=O)cc2)n1. The van der Waals surface area contributed by atoms with Crippen LogP contribution in [-0.2, 0) is 4.74 Å². The Bertz CT molecular complexity index is 640. The zero-order valence-corrected chi connectivity index (χ0v) is 10.6. The lowest BCUT2D eigenvalue weighted by Crippen LogP contribution is -2.10. The highest BCUT2D eigenvalue weighted by Crippen LogP contribution is 2.19. The van der Waals surface area contributed by atoms with Crippen LogP contribution in [0.5, 0.6) is 11.6 Å². The summed E-state index contributed by atoms with van der Waals surface area (Å²) in [5, 5.41) is 0. The fraction of sp³-hybridized carbons (Fsp3) is 0.0769. The van der Waals surface area contributed by atoms with Gasteiger partial charge in [0.2, 0.25) is 11.8 Å². The fourth-order valence-corrected chi connectivity index (χ4v) is 1.41. The van der Waals surface area contributed by atoms with Crippen molar-refractivity contribution in [3.8, 4) is 11.6 Å². The number of methoxy groups -OCH3 is 1. The van der Waals surface area contributed by atoms with Crippen molar-refractivity contribution >= 4 is 11.9 Å². The standard InChI is InChI=1S/C13H11N3O4/c1-19-13(18)10-6-15-7-11(16-10)20-9-4-2-8(3-5-9)12(14)17/h2-7H,1H3,(H2,14,17). The number of aromatic nitrogens is 2. The van der Waals surface area contributed by atoms with Crippen LogP contribution in [0.3, 0.4) is 0 Å². The van der Waals surface area contributed by atoms with E-state index in [9.17, 15) is 9.59 Å². The first-order valence-corrected chi connectivity index (χ1v) is 5.58. The molecule has 7 nitrogen and oxygen atoms in total. The second kappa shape index (κ2) is 5.79. The van der Waals surface area contributed by atoms with Crippen molar-refractivity contribution in [2.45, 2.75) is 0 Å². The average molecular weight is 273 g/mol. The molecule has 1 heterocycles. The molecule has 1 aromatic heterocycles. The Labute approximate surface area is 114 Å². The van der Waals surface area contributed by atoms with E-state index in [0.717, 1.165) is 0 Å². The third-order valence-electron chi connectivity index (χ3n) is 2.37. The number of amides is 1. The molecule has 2 aromatic rings. The highest BCUT2D eigenvalue weighted by atomic mass is 16.5. The molecule has 0 bridgehead atoms. The zero-order chi connectivity index (χ0) is 14.5. The van der Waals surface area contributed by atoms with E-state index in [-0.39, 0.29) is 11.6 Å². The fourth-order valence-electron chi connectivity index (χ4n) is 1.41. The number of rotatable bonds is 4. The summed E-state index contributed by atoms with van der Waals surface area (Å²) in [4.78, 5) is 30.0. The van der Waals surface area contributed by atoms with Gasteiger partial charge in [-0.25, -0.2) is 9.78 Å². The molecule has 2 rings (SSSR count). The van der Waals surface area contributed by atoms with Gasteiger partial charge in [-0.3, -0.25) is 9.78 Å². The normalized spacial score (nSPS) is 9.85. The van der Waals surface area contributed by atoms with Crippen molar-refractivity contribution in [1.29, 1.82) is 0 Å². The van der Waals surface area contributed by atoms with Gasteiger partial charge in [0.1, 0.15) is 5.75 Å². The molecule has 0 spiro atoms. The minimum absolute atomic E-state index is 0.0405. The van der Waals surface area contributed by atoms with Gasteiger partial charge in [0.15, 0.2) is 5.69 Å². The first kappa shape index (κ1) is 13.5. The van der Waals surface area contributed by atoms with Crippen LogP contribution < -0.4 is 10.5 Å². The van der Waals surface area contributed by atoms with Crippen LogP contribution in [0, 0.1) is 0 Å². The number of carbonyl (C=O) groups excluding carboxylic acids is 2. The number of primary amides is 1. The summed E-state index contributed by atoms with van der Waals surface area (Å²) in [6.45, 7) is 0. The van der Waals surface area contributed by atoms with Crippen LogP contribution in [0.15, 0.2) is 36.7 Å². The Kier molecular flexibility index (Phi) is 3.90. The van der Waals surface area contributed by atoms with E-state index in [1.165, 1.54) is 31.6 Å². The maximum absolute atomic E-state index is 11.3. The van der Waals surface area contributed by atoms with E-state index in [4.69, 9.17) is 10.5 Å². The van der Waals surface area contributed by atoms with Crippen LogP contribution in [0.2, 0.25) is 0 Å². The van der Waals surface area contributed by atoms with Gasteiger partial charge in [-0.1, -0.05) is 0 Å². The Morgan fingerprint density at radius 3 is 2.45 bits per heavy atom. The number of esters is 1. The second-order valence-corrected chi connectivity index (χ2v) is 3.72. The van der Waals surface area contributed by atoms with Gasteiger partial charge in [0, 0.05) is 5.56 Å². The molecule has 0 radical (unpaired) electrons. The number of carbonyl (C=O) groups is 2. The summed E-state index contributed by atoms with van der Waals surface area (Å²) >= 11 is 0. The number of benzene rings is 1. The molecule has 1 aromatic carbocycles. The molecule has 0 saturated carbocycles. The topological polar surface area (TPSA) is 104 Å². The van der Waals surface area contributed by atoms with Gasteiger partial charge in [-0.2, -0.15) is 0 Å². The quantitative estimate of drug-likeness (QED) is 0.838. The molecular weight excluding hydrogens is 262 g/mol. The minimum atomic E-state index is -0.605. The third kappa shape index (κ3) is 3.08. The first-order chi connectivity index (χ1) is 9.60. The number of hydrogen-bond acceptors (Lipinski definition) is 6. The smallest absolute Gasteiger partial charge is 0.358 e. The van der Waals surface area contributed by atoms with Crippen molar-refractivity contribution in [3.63, 3.8) is 0 Å². The van der Waals surface area contributed by atoms with E-state index in [0.29, 0.717) is 11.3 Å². The number of hydrogen-bond donors (Lipinski definition) is 1. The highest BCUT2D eigenvalue weighted by molar-refractivity contribution is 5.92. The van der Waals surface area contributed by atoms with E-state index >= 15 is 0 Å². The molecule has 0 atom stereocenters. The van der Waals surface area contributed by atoms with Crippen molar-refractivity contribution in [3.05, 3.63) is 47.9 Å². The van der Waals surface area contributed by atoms with Crippen molar-refractivity contribution in [2.75, 3.05) is 7.11 Å². The summed E-state index contributed by atoms with van der Waals surface area (Å²) in [5.41, 5.74) is 5.54. The van der Waals surface area contributed by atoms with E-state index in [1.807, 2.05) is 0 Å². The molecule has 0 fully saturated rings. The van der Waals surface area contributed by atoms with Gasteiger partial charge in [-0.15, -0.1) is 0 Å². The van der Waals surface area contributed by atoms with Crippen LogP contribution in [-0.4, -0.2) is 29.0 Å². The lowest BCUT2D eigenvalue weighted by Gasteiger charge is -2.05. The molecule has 0 aliphatic rings. The van der Waals surface area contributed by atoms with Gasteiger partial charge in [0.05, 0.1) is 19.5 Å². The van der Waals surface area contributed by atoms with Crippen LogP contribution in [0.4, 0.5) is 0 Å². The Morgan fingerprint density at radius 1 is 1.15 bits per heavy atom. The van der Waals surface area contributed by atoms with Gasteiger partial charge in [0.25, 0.3) is 0 Å². The Hall–Kier alpha value is -2.96. The lowest BCUT2D eigenvalue weighted by atomic mass is 10.2. The second-order valence-electron chi connectivity index (χ2n) is 3.72. The molecule has 20 heavy (non-hydrogen) atoms. The summed E-state index contributed by atoms with van der Waals surface area (Å²) < 4.78 is 9.95. The Balaban J connectivity index is 2.17. The van der Waals surface area contributed by atoms with Crippen molar-refractivity contribution in [2.24, 2.45) is 5.73 Å². The van der Waals surface area contributed by atoms with E-state index < -0.39 is 11.9 Å². The maximum atomic E-state index is 11.3. The monoisotopic (exact) mass is 273 g/mol. The molecule has 7 heteroatoms. The molecule has 0 unspecified atom stereocenters. The predicted molar refractivity (Wildman–Crippen MR) is 68.4 cm³/mol. The summed E-state index contributed by atoms with van der Waals surface area (Å²) in [5.74, 6) is -0.554. The molecule has 1 amide bonds. The van der Waals surface area contributed by atoms with Crippen molar-refractivity contribution < 1.29 is 19.1 Å². The molecule has 0 aliphatic heterocycles. The zero-order valence-electron chi connectivity index (χ0n) is 10.6. The minimum Gasteiger partial charge on any atom is -0.464 e. The number of nitrogens with two attached hydrogens (primary N) is 1. The largest absolute Gasteiger partial charge is 0.464 e. The summed E-state index contributed by atoms with van der Waals surface area (Å²) in [6.07, 6.45) is 2.63. The van der Waals surface area contributed by atoms with Crippen LogP contribution >= 0.6 is 0 Å². The van der Waals surface area contributed by atoms with E-state index in [1.54, 1.807) is 12.1 Å². The maximum Gasteiger partial charge on any atom is 0.358 e. The molecule has 0 saturated heterocycles. The van der Waals surface area contributed by atoms with E-state index in [2.05, 4.69) is 14.7 Å². The lowest BCUT2D eigenvalue weighted by molar-refractivity contribution is 0.0592. The summed E-state index contributed by atoms with van der Waals surface area (Å²) in [6, 6.07) is 6.17. The average Bonchev–Trinajstić information content (AvgIpc) is 2.47.